The summed E-state index contributed by atoms with van der Waals surface area (Å²) >= 11 is 0. The molecule has 1 heterocycles. The van der Waals surface area contributed by atoms with Gasteiger partial charge in [-0.25, -0.2) is 0 Å². The Bertz CT molecular complexity index is 1540. The van der Waals surface area contributed by atoms with E-state index in [0.717, 1.165) is 5.56 Å². The lowest BCUT2D eigenvalue weighted by molar-refractivity contribution is -0.148. The summed E-state index contributed by atoms with van der Waals surface area (Å²) in [5.74, 6) is -4.39. The van der Waals surface area contributed by atoms with Crippen LogP contribution in [0.3, 0.4) is 0 Å². The van der Waals surface area contributed by atoms with E-state index in [4.69, 9.17) is 15.2 Å². The average molecular weight is 845 g/mol. The van der Waals surface area contributed by atoms with Gasteiger partial charge in [-0.15, -0.1) is 0 Å². The second kappa shape index (κ2) is 25.1. The molecular weight excluding hydrogens is 769 g/mol. The number of ether oxygens (including phenoxy) is 2. The summed E-state index contributed by atoms with van der Waals surface area (Å²) < 4.78 is 12.0. The van der Waals surface area contributed by atoms with Crippen LogP contribution in [0, 0.1) is 29.6 Å². The number of Topliss-reactive ketones (excluding diaryl/α,β-unsaturated/α-hetero) is 1. The summed E-state index contributed by atoms with van der Waals surface area (Å²) in [6.07, 6.45) is 0.699. The molecule has 0 unspecified atom stereocenters. The van der Waals surface area contributed by atoms with Crippen molar-refractivity contribution in [2.45, 2.75) is 136 Å². The Morgan fingerprint density at radius 1 is 0.917 bits per heavy atom. The molecule has 0 saturated carbocycles. The fourth-order valence-corrected chi connectivity index (χ4v) is 8.82. The minimum atomic E-state index is -1.04. The standard InChI is InChI=1S/C45H76N6O9/c1-13-29(6)41(50(10)44(56)39(27(2)3)48-43(55)40(28(4)5)49(9)26-30(7)47-37(53)25-46)36(59-11)24-38(54)51-21-17-20-34(51)42(60-12)31(8)35(52)23-33(45(57)58)22-32-18-15-14-16-19-32/h14-16,18-19,27-31,33-34,36,39-42H,13,17,20-26,46H2,1-12H3,(H,47,53)(H,48,55)(H,57,58)/t29-,30+,31-,33+,34-,36+,39-,40-,41-,42+/m0/s1. The Labute approximate surface area is 358 Å². The lowest BCUT2D eigenvalue weighted by Crippen LogP contribution is -2.60. The molecule has 1 aliphatic heterocycles. The monoisotopic (exact) mass is 845 g/mol. The van der Waals surface area contributed by atoms with E-state index in [0.29, 0.717) is 32.4 Å². The number of carbonyl (C=O) groups excluding carboxylic acids is 5. The molecule has 60 heavy (non-hydrogen) atoms. The molecule has 15 nitrogen and oxygen atoms in total. The van der Waals surface area contributed by atoms with Crippen LogP contribution in [0.2, 0.25) is 0 Å². The van der Waals surface area contributed by atoms with Crippen molar-refractivity contribution in [1.29, 1.82) is 0 Å². The van der Waals surface area contributed by atoms with Crippen LogP contribution in [0.25, 0.3) is 0 Å². The van der Waals surface area contributed by atoms with Crippen molar-refractivity contribution in [2.24, 2.45) is 35.3 Å². The molecule has 1 fully saturated rings. The van der Waals surface area contributed by atoms with Crippen LogP contribution in [0.4, 0.5) is 0 Å². The zero-order chi connectivity index (χ0) is 45.4. The summed E-state index contributed by atoms with van der Waals surface area (Å²) in [6, 6.07) is 6.56. The summed E-state index contributed by atoms with van der Waals surface area (Å²) in [6.45, 7) is 15.9. The predicted molar refractivity (Wildman–Crippen MR) is 232 cm³/mol. The molecule has 1 aliphatic rings. The zero-order valence-electron chi connectivity index (χ0n) is 38.3. The van der Waals surface area contributed by atoms with Gasteiger partial charge in [0.1, 0.15) is 11.8 Å². The summed E-state index contributed by atoms with van der Waals surface area (Å²) in [5.41, 5.74) is 6.30. The van der Waals surface area contributed by atoms with Gasteiger partial charge < -0.3 is 40.7 Å². The van der Waals surface area contributed by atoms with Gasteiger partial charge in [0.05, 0.1) is 49.2 Å². The van der Waals surface area contributed by atoms with Crippen molar-refractivity contribution in [1.82, 2.24) is 25.3 Å². The highest BCUT2D eigenvalue weighted by Crippen LogP contribution is 2.31. The van der Waals surface area contributed by atoms with Crippen LogP contribution >= 0.6 is 0 Å². The maximum absolute atomic E-state index is 14.5. The quantitative estimate of drug-likeness (QED) is 0.107. The van der Waals surface area contributed by atoms with Gasteiger partial charge in [0.15, 0.2) is 0 Å². The summed E-state index contributed by atoms with van der Waals surface area (Å²) in [5, 5.41) is 15.8. The number of methoxy groups -OCH3 is 2. The van der Waals surface area contributed by atoms with Crippen molar-refractivity contribution in [3.8, 4) is 0 Å². The minimum absolute atomic E-state index is 0.0334. The van der Waals surface area contributed by atoms with Gasteiger partial charge in [-0.2, -0.15) is 0 Å². The highest BCUT2D eigenvalue weighted by molar-refractivity contribution is 5.90. The number of nitrogens with zero attached hydrogens (tertiary/aromatic N) is 3. The molecule has 0 radical (unpaired) electrons. The van der Waals surface area contributed by atoms with E-state index in [-0.39, 0.29) is 79.0 Å². The van der Waals surface area contributed by atoms with Crippen molar-refractivity contribution >= 4 is 35.4 Å². The number of hydrogen-bond donors (Lipinski definition) is 4. The number of amides is 4. The number of ketones is 1. The number of carboxylic acids is 1. The fraction of sp³-hybridized carbons (Fsp3) is 0.733. The van der Waals surface area contributed by atoms with Gasteiger partial charge in [-0.3, -0.25) is 33.7 Å². The van der Waals surface area contributed by atoms with Crippen LogP contribution < -0.4 is 16.4 Å². The SMILES string of the molecule is CC[C@H](C)[C@@H]([C@@H](CC(=O)N1CCC[C@H]1[C@H](OC)[C@@H](C)C(=O)C[C@@H](Cc1ccccc1)C(=O)O)OC)N(C)C(=O)[C@@H](NC(=O)[C@H](C(C)C)N(C)C[C@@H](C)NC(=O)CN)C(C)C. The fourth-order valence-electron chi connectivity index (χ4n) is 8.82. The van der Waals surface area contributed by atoms with Gasteiger partial charge in [0, 0.05) is 52.7 Å². The lowest BCUT2D eigenvalue weighted by atomic mass is 9.85. The first-order chi connectivity index (χ1) is 28.2. The largest absolute Gasteiger partial charge is 0.481 e. The number of carboxylic acid groups (broad SMARTS) is 1. The molecule has 0 aromatic heterocycles. The van der Waals surface area contributed by atoms with Crippen LogP contribution in [0.5, 0.6) is 0 Å². The van der Waals surface area contributed by atoms with Gasteiger partial charge in [-0.05, 0) is 56.6 Å². The molecule has 340 valence electrons. The normalized spacial score (nSPS) is 18.9. The molecule has 0 spiro atoms. The number of likely N-dealkylation sites (tertiary alicyclic amines) is 1. The second-order valence-electron chi connectivity index (χ2n) is 17.5. The van der Waals surface area contributed by atoms with Crippen LogP contribution in [-0.2, 0) is 44.7 Å². The smallest absolute Gasteiger partial charge is 0.307 e. The molecule has 0 bridgehead atoms. The number of benzene rings is 1. The van der Waals surface area contributed by atoms with Crippen molar-refractivity contribution in [3.63, 3.8) is 0 Å². The first-order valence-electron chi connectivity index (χ1n) is 21.6. The molecule has 15 heteroatoms. The number of hydrogen-bond acceptors (Lipinski definition) is 10. The van der Waals surface area contributed by atoms with Gasteiger partial charge >= 0.3 is 5.97 Å². The van der Waals surface area contributed by atoms with E-state index in [9.17, 15) is 33.9 Å². The number of aliphatic carboxylic acids is 1. The Morgan fingerprint density at radius 3 is 2.07 bits per heavy atom. The van der Waals surface area contributed by atoms with E-state index in [2.05, 4.69) is 10.6 Å². The summed E-state index contributed by atoms with van der Waals surface area (Å²) in [4.78, 5) is 85.7. The van der Waals surface area contributed by atoms with Crippen LogP contribution in [0.15, 0.2) is 30.3 Å². The number of carbonyl (C=O) groups is 6. The molecule has 5 N–H and O–H groups in total. The van der Waals surface area contributed by atoms with E-state index in [1.54, 1.807) is 23.8 Å². The highest BCUT2D eigenvalue weighted by atomic mass is 16.5. The van der Waals surface area contributed by atoms with E-state index >= 15 is 0 Å². The number of nitrogens with one attached hydrogen (secondary N) is 2. The molecule has 0 aliphatic carbocycles. The minimum Gasteiger partial charge on any atom is -0.481 e. The maximum atomic E-state index is 14.5. The van der Waals surface area contributed by atoms with Crippen molar-refractivity contribution in [3.05, 3.63) is 35.9 Å². The van der Waals surface area contributed by atoms with Gasteiger partial charge in [-0.1, -0.05) is 85.2 Å². The Kier molecular flexibility index (Phi) is 21.9. The third-order valence-electron chi connectivity index (χ3n) is 12.2. The van der Waals surface area contributed by atoms with Crippen LogP contribution in [-0.4, -0.2) is 146 Å². The molecular formula is C45H76N6O9. The first kappa shape index (κ1) is 52.2. The zero-order valence-corrected chi connectivity index (χ0v) is 38.3. The van der Waals surface area contributed by atoms with Gasteiger partial charge in [0.25, 0.3) is 0 Å². The third-order valence-corrected chi connectivity index (χ3v) is 12.2. The maximum Gasteiger partial charge on any atom is 0.307 e. The number of rotatable bonds is 26. The number of nitrogens with two attached hydrogens (primary N) is 1. The molecule has 1 aromatic rings. The molecule has 4 amide bonds. The van der Waals surface area contributed by atoms with E-state index in [1.807, 2.05) is 90.7 Å². The van der Waals surface area contributed by atoms with Crippen LogP contribution in [0.1, 0.15) is 93.1 Å². The van der Waals surface area contributed by atoms with Crippen molar-refractivity contribution in [2.75, 3.05) is 47.9 Å². The Balaban J connectivity index is 2.28. The first-order valence-corrected chi connectivity index (χ1v) is 21.6. The third kappa shape index (κ3) is 14.6. The highest BCUT2D eigenvalue weighted by Gasteiger charge is 2.43. The molecule has 10 atom stereocenters. The summed E-state index contributed by atoms with van der Waals surface area (Å²) in [7, 11) is 6.55. The topological polar surface area (TPSA) is 201 Å². The lowest BCUT2D eigenvalue weighted by Gasteiger charge is -2.41. The average Bonchev–Trinajstić information content (AvgIpc) is 3.68. The Morgan fingerprint density at radius 2 is 1.55 bits per heavy atom. The molecule has 2 rings (SSSR count). The van der Waals surface area contributed by atoms with Gasteiger partial charge in [0.2, 0.25) is 23.6 Å². The van der Waals surface area contributed by atoms with Crippen molar-refractivity contribution < 1.29 is 43.3 Å². The second-order valence-corrected chi connectivity index (χ2v) is 17.5. The molecule has 1 saturated heterocycles. The molecule has 1 aromatic carbocycles. The van der Waals surface area contributed by atoms with E-state index in [1.165, 1.54) is 14.2 Å². The van der Waals surface area contributed by atoms with E-state index < -0.39 is 54.2 Å². The predicted octanol–water partition coefficient (Wildman–Crippen LogP) is 3.37. The Hall–Kier alpha value is -3.92. The number of likely N-dealkylation sites (N-methyl/N-ethyl adjacent to an activating group) is 2.